The Morgan fingerprint density at radius 2 is 1.97 bits per heavy atom. The number of fused-ring (bicyclic) bond motifs is 1. The molecule has 2 aromatic carbocycles. The van der Waals surface area contributed by atoms with E-state index in [0.717, 1.165) is 37.5 Å². The van der Waals surface area contributed by atoms with Gasteiger partial charge in [0.15, 0.2) is 0 Å². The molecule has 1 aliphatic rings. The van der Waals surface area contributed by atoms with Crippen LogP contribution in [-0.4, -0.2) is 17.1 Å². The fraction of sp³-hybridized carbons (Fsp3) is 0.400. The molecule has 0 unspecified atom stereocenters. The number of hydrogen-bond donors (Lipinski definition) is 2. The third kappa shape index (κ3) is 3.75. The van der Waals surface area contributed by atoms with Gasteiger partial charge in [0.25, 0.3) is 5.56 Å². The second-order valence-electron chi connectivity index (χ2n) is 8.48. The van der Waals surface area contributed by atoms with E-state index < -0.39 is 0 Å². The lowest BCUT2D eigenvalue weighted by atomic mass is 9.63. The molecular formula is C25H29ClN2O2. The molecule has 1 heterocycles. The summed E-state index contributed by atoms with van der Waals surface area (Å²) in [5.41, 5.74) is 9.22. The zero-order valence-electron chi connectivity index (χ0n) is 17.6. The third-order valence-corrected chi connectivity index (χ3v) is 7.07. The van der Waals surface area contributed by atoms with Gasteiger partial charge in [0.05, 0.1) is 11.1 Å². The quantitative estimate of drug-likeness (QED) is 0.569. The summed E-state index contributed by atoms with van der Waals surface area (Å²) < 4.78 is 6.32. The molecule has 5 heteroatoms. The van der Waals surface area contributed by atoms with Crippen molar-refractivity contribution in [1.29, 1.82) is 0 Å². The summed E-state index contributed by atoms with van der Waals surface area (Å²) in [4.78, 5) is 14.7. The maximum absolute atomic E-state index is 12.0. The Morgan fingerprint density at radius 3 is 2.67 bits per heavy atom. The van der Waals surface area contributed by atoms with Gasteiger partial charge in [-0.3, -0.25) is 4.79 Å². The van der Waals surface area contributed by atoms with E-state index in [-0.39, 0.29) is 23.1 Å². The first-order chi connectivity index (χ1) is 14.4. The van der Waals surface area contributed by atoms with Crippen molar-refractivity contribution < 1.29 is 4.74 Å². The zero-order valence-corrected chi connectivity index (χ0v) is 18.3. The molecule has 0 bridgehead atoms. The summed E-state index contributed by atoms with van der Waals surface area (Å²) in [5.74, 6) is 0.642. The summed E-state index contributed by atoms with van der Waals surface area (Å²) in [6, 6.07) is 14.2. The van der Waals surface area contributed by atoms with Crippen LogP contribution < -0.4 is 16.0 Å². The highest BCUT2D eigenvalue weighted by Gasteiger charge is 2.42. The van der Waals surface area contributed by atoms with E-state index in [2.05, 4.69) is 43.1 Å². The van der Waals surface area contributed by atoms with Gasteiger partial charge in [-0.05, 0) is 73.7 Å². The topological polar surface area (TPSA) is 68.1 Å². The highest BCUT2D eigenvalue weighted by Crippen LogP contribution is 2.45. The number of nitrogens with one attached hydrogen (secondary N) is 1. The van der Waals surface area contributed by atoms with E-state index in [1.807, 2.05) is 12.1 Å². The summed E-state index contributed by atoms with van der Waals surface area (Å²) in [6.07, 6.45) is 6.50. The number of aryl methyl sites for hydroxylation is 1. The standard InChI is InChI=1S/C25H29ClN2O2/c1-3-23(27)25(20-7-5-4-6-16(20)2)11-8-18(9-12-25)30-22-14-17-10-13-28-24(29)19(17)15-21(22)26/h4-7,10,13-15,18,23H,3,8-9,11-12,27H2,1-2H3,(H,28,29)/t18-,23-,25-/m0/s1. The van der Waals surface area contributed by atoms with Crippen LogP contribution >= 0.6 is 11.6 Å². The van der Waals surface area contributed by atoms with E-state index in [9.17, 15) is 4.79 Å². The van der Waals surface area contributed by atoms with Crippen LogP contribution in [0.1, 0.15) is 50.2 Å². The fourth-order valence-corrected chi connectivity index (χ4v) is 5.25. The van der Waals surface area contributed by atoms with Gasteiger partial charge >= 0.3 is 0 Å². The van der Waals surface area contributed by atoms with Crippen molar-refractivity contribution in [1.82, 2.24) is 4.98 Å². The second-order valence-corrected chi connectivity index (χ2v) is 8.89. The van der Waals surface area contributed by atoms with Gasteiger partial charge in [-0.15, -0.1) is 0 Å². The van der Waals surface area contributed by atoms with Crippen molar-refractivity contribution in [2.75, 3.05) is 0 Å². The Balaban J connectivity index is 1.56. The Kier molecular flexibility index (Phi) is 5.90. The lowest BCUT2D eigenvalue weighted by Crippen LogP contribution is -2.49. The maximum atomic E-state index is 12.0. The Hall–Kier alpha value is -2.30. The van der Waals surface area contributed by atoms with Crippen molar-refractivity contribution in [3.8, 4) is 5.75 Å². The Morgan fingerprint density at radius 1 is 1.23 bits per heavy atom. The Bertz CT molecular complexity index is 1100. The molecule has 30 heavy (non-hydrogen) atoms. The molecular weight excluding hydrogens is 396 g/mol. The average molecular weight is 425 g/mol. The number of H-pyrrole nitrogens is 1. The highest BCUT2D eigenvalue weighted by atomic mass is 35.5. The van der Waals surface area contributed by atoms with Gasteiger partial charge in [0, 0.05) is 23.0 Å². The van der Waals surface area contributed by atoms with Gasteiger partial charge in [0.1, 0.15) is 5.75 Å². The van der Waals surface area contributed by atoms with Crippen molar-refractivity contribution in [2.45, 2.75) is 63.5 Å². The van der Waals surface area contributed by atoms with E-state index in [4.69, 9.17) is 22.1 Å². The van der Waals surface area contributed by atoms with Crippen LogP contribution in [0.5, 0.6) is 5.75 Å². The largest absolute Gasteiger partial charge is 0.489 e. The van der Waals surface area contributed by atoms with Gasteiger partial charge in [-0.2, -0.15) is 0 Å². The second kappa shape index (κ2) is 8.44. The van der Waals surface area contributed by atoms with Gasteiger partial charge in [0.2, 0.25) is 0 Å². The molecule has 158 valence electrons. The predicted octanol–water partition coefficient (Wildman–Crippen LogP) is 5.49. The number of halogens is 1. The summed E-state index contributed by atoms with van der Waals surface area (Å²) in [5, 5.41) is 1.88. The monoisotopic (exact) mass is 424 g/mol. The fourth-order valence-electron chi connectivity index (χ4n) is 5.04. The number of nitrogens with two attached hydrogens (primary N) is 1. The first-order valence-electron chi connectivity index (χ1n) is 10.7. The summed E-state index contributed by atoms with van der Waals surface area (Å²) in [6.45, 7) is 4.35. The minimum Gasteiger partial charge on any atom is -0.489 e. The number of ether oxygens (including phenoxy) is 1. The smallest absolute Gasteiger partial charge is 0.255 e. The highest BCUT2D eigenvalue weighted by molar-refractivity contribution is 6.32. The number of rotatable bonds is 5. The molecule has 0 saturated heterocycles. The molecule has 0 radical (unpaired) electrons. The average Bonchev–Trinajstić information content (AvgIpc) is 2.75. The van der Waals surface area contributed by atoms with Gasteiger partial charge in [-0.1, -0.05) is 42.8 Å². The normalized spacial score (nSPS) is 22.7. The summed E-state index contributed by atoms with van der Waals surface area (Å²) >= 11 is 6.44. The lowest BCUT2D eigenvalue weighted by Gasteiger charge is -2.45. The minimum absolute atomic E-state index is 0.0135. The third-order valence-electron chi connectivity index (χ3n) is 6.78. The van der Waals surface area contributed by atoms with E-state index in [1.54, 1.807) is 12.3 Å². The van der Waals surface area contributed by atoms with Gasteiger partial charge < -0.3 is 15.5 Å². The molecule has 4 rings (SSSR count). The molecule has 1 atom stereocenters. The maximum Gasteiger partial charge on any atom is 0.255 e. The van der Waals surface area contributed by atoms with E-state index >= 15 is 0 Å². The molecule has 4 nitrogen and oxygen atoms in total. The lowest BCUT2D eigenvalue weighted by molar-refractivity contribution is 0.103. The van der Waals surface area contributed by atoms with Crippen LogP contribution in [0.2, 0.25) is 5.02 Å². The number of hydrogen-bond acceptors (Lipinski definition) is 3. The number of benzene rings is 2. The Labute approximate surface area is 182 Å². The molecule has 0 aliphatic heterocycles. The van der Waals surface area contributed by atoms with Crippen molar-refractivity contribution in [2.24, 2.45) is 5.73 Å². The van der Waals surface area contributed by atoms with Crippen LogP contribution in [0.4, 0.5) is 0 Å². The van der Waals surface area contributed by atoms with Gasteiger partial charge in [-0.25, -0.2) is 0 Å². The molecule has 1 aliphatic carbocycles. The molecule has 1 aromatic heterocycles. The summed E-state index contributed by atoms with van der Waals surface area (Å²) in [7, 11) is 0. The number of aromatic amines is 1. The van der Waals surface area contributed by atoms with Crippen molar-refractivity contribution >= 4 is 22.4 Å². The van der Waals surface area contributed by atoms with E-state index in [0.29, 0.717) is 16.2 Å². The molecule has 3 N–H and O–H groups in total. The molecule has 3 aromatic rings. The first kappa shape index (κ1) is 21.0. The number of aromatic nitrogens is 1. The van der Waals surface area contributed by atoms with Crippen LogP contribution in [-0.2, 0) is 5.41 Å². The minimum atomic E-state index is -0.143. The van der Waals surface area contributed by atoms with Crippen LogP contribution in [0, 0.1) is 6.92 Å². The zero-order chi connectivity index (χ0) is 21.3. The molecule has 1 saturated carbocycles. The van der Waals surface area contributed by atoms with Crippen LogP contribution in [0.25, 0.3) is 10.8 Å². The molecule has 1 fully saturated rings. The van der Waals surface area contributed by atoms with Crippen molar-refractivity contribution in [3.63, 3.8) is 0 Å². The molecule has 0 amide bonds. The molecule has 0 spiro atoms. The van der Waals surface area contributed by atoms with E-state index in [1.165, 1.54) is 11.1 Å². The first-order valence-corrected chi connectivity index (χ1v) is 11.1. The van der Waals surface area contributed by atoms with Crippen molar-refractivity contribution in [3.05, 3.63) is 75.2 Å². The van der Waals surface area contributed by atoms with Crippen LogP contribution in [0.15, 0.2) is 53.5 Å². The SMILES string of the molecule is CC[C@H](N)[C@]1(c2ccccc2C)CC[C@@H](Oc2cc3cc[nH]c(=O)c3cc2Cl)CC1. The number of pyridine rings is 1. The van der Waals surface area contributed by atoms with Crippen LogP contribution in [0.3, 0.4) is 0 Å². The predicted molar refractivity (Wildman–Crippen MR) is 124 cm³/mol.